The molecular formula is C12H14N4O5. The lowest BCUT2D eigenvalue weighted by atomic mass is 10.4. The molecule has 0 aliphatic heterocycles. The van der Waals surface area contributed by atoms with E-state index >= 15 is 0 Å². The zero-order chi connectivity index (χ0) is 15.6. The number of carboxylic acid groups (broad SMARTS) is 1. The van der Waals surface area contributed by atoms with E-state index in [-0.39, 0.29) is 29.9 Å². The molecule has 2 rings (SSSR count). The summed E-state index contributed by atoms with van der Waals surface area (Å²) >= 11 is 0. The maximum absolute atomic E-state index is 11.7. The number of esters is 1. The first kappa shape index (κ1) is 14.6. The Labute approximate surface area is 119 Å². The van der Waals surface area contributed by atoms with Gasteiger partial charge in [0, 0.05) is 0 Å². The molecule has 0 bridgehead atoms. The van der Waals surface area contributed by atoms with Gasteiger partial charge >= 0.3 is 11.9 Å². The molecule has 3 N–H and O–H groups in total. The number of nitrogens with zero attached hydrogens (tertiary/aromatic N) is 3. The predicted molar refractivity (Wildman–Crippen MR) is 69.8 cm³/mol. The first-order chi connectivity index (χ1) is 9.88. The van der Waals surface area contributed by atoms with Crippen LogP contribution in [-0.2, 0) is 11.3 Å². The lowest BCUT2D eigenvalue weighted by Crippen LogP contribution is -2.14. The van der Waals surface area contributed by atoms with E-state index in [1.807, 2.05) is 0 Å². The summed E-state index contributed by atoms with van der Waals surface area (Å²) in [6, 6.07) is 2.80. The van der Waals surface area contributed by atoms with Crippen molar-refractivity contribution in [3.8, 4) is 0 Å². The van der Waals surface area contributed by atoms with Crippen LogP contribution in [0.2, 0.25) is 0 Å². The quantitative estimate of drug-likeness (QED) is 0.772. The van der Waals surface area contributed by atoms with Crippen molar-refractivity contribution in [2.24, 2.45) is 0 Å². The zero-order valence-electron chi connectivity index (χ0n) is 11.4. The van der Waals surface area contributed by atoms with Crippen molar-refractivity contribution in [2.75, 3.05) is 5.73 Å². The van der Waals surface area contributed by atoms with Crippen LogP contribution in [0.3, 0.4) is 0 Å². The van der Waals surface area contributed by atoms with Crippen molar-refractivity contribution >= 4 is 17.8 Å². The van der Waals surface area contributed by atoms with Crippen LogP contribution in [0.15, 0.2) is 16.5 Å². The number of carbonyl (C=O) groups excluding carboxylic acids is 1. The number of hydrogen-bond acceptors (Lipinski definition) is 7. The van der Waals surface area contributed by atoms with Crippen molar-refractivity contribution < 1.29 is 23.8 Å². The molecule has 0 saturated carbocycles. The molecule has 0 atom stereocenters. The summed E-state index contributed by atoms with van der Waals surface area (Å²) in [6.45, 7) is 3.46. The van der Waals surface area contributed by atoms with Crippen molar-refractivity contribution in [1.82, 2.24) is 15.0 Å². The summed E-state index contributed by atoms with van der Waals surface area (Å²) in [7, 11) is 0. The average molecular weight is 294 g/mol. The van der Waals surface area contributed by atoms with Gasteiger partial charge in [0.25, 0.3) is 0 Å². The highest BCUT2D eigenvalue weighted by atomic mass is 16.5. The number of carboxylic acids is 1. The van der Waals surface area contributed by atoms with Crippen LogP contribution >= 0.6 is 0 Å². The molecule has 0 saturated heterocycles. The molecule has 0 spiro atoms. The van der Waals surface area contributed by atoms with Gasteiger partial charge in [-0.1, -0.05) is 5.21 Å². The molecule has 9 heteroatoms. The maximum Gasteiger partial charge on any atom is 0.371 e. The van der Waals surface area contributed by atoms with Crippen molar-refractivity contribution in [3.05, 3.63) is 29.3 Å². The van der Waals surface area contributed by atoms with E-state index < -0.39 is 11.9 Å². The van der Waals surface area contributed by atoms with E-state index in [1.165, 1.54) is 16.8 Å². The number of carbonyl (C=O) groups is 2. The molecular weight excluding hydrogens is 280 g/mol. The van der Waals surface area contributed by atoms with Gasteiger partial charge in [-0.05, 0) is 26.0 Å². The number of aromatic carboxylic acids is 1. The third kappa shape index (κ3) is 3.19. The average Bonchev–Trinajstić information content (AvgIpc) is 2.97. The van der Waals surface area contributed by atoms with Crippen molar-refractivity contribution in [3.63, 3.8) is 0 Å². The van der Waals surface area contributed by atoms with Crippen molar-refractivity contribution in [2.45, 2.75) is 26.5 Å². The van der Waals surface area contributed by atoms with Crippen LogP contribution in [0.1, 0.15) is 40.7 Å². The first-order valence-electron chi connectivity index (χ1n) is 6.10. The molecule has 0 aliphatic rings. The summed E-state index contributed by atoms with van der Waals surface area (Å²) < 4.78 is 11.3. The summed E-state index contributed by atoms with van der Waals surface area (Å²) in [6.07, 6.45) is -0.301. The largest absolute Gasteiger partial charge is 0.475 e. The molecule has 0 fully saturated rings. The minimum absolute atomic E-state index is 0.0222. The molecule has 2 aromatic rings. The minimum atomic E-state index is -1.17. The van der Waals surface area contributed by atoms with Gasteiger partial charge < -0.3 is 20.0 Å². The van der Waals surface area contributed by atoms with E-state index in [0.717, 1.165) is 0 Å². The molecule has 0 radical (unpaired) electrons. The van der Waals surface area contributed by atoms with E-state index in [4.69, 9.17) is 20.0 Å². The third-order valence-electron chi connectivity index (χ3n) is 2.49. The monoisotopic (exact) mass is 294 g/mol. The molecule has 0 aliphatic carbocycles. The second-order valence-corrected chi connectivity index (χ2v) is 4.51. The minimum Gasteiger partial charge on any atom is -0.475 e. The second-order valence-electron chi connectivity index (χ2n) is 4.51. The number of anilines is 1. The third-order valence-corrected chi connectivity index (χ3v) is 2.49. The number of aromatic nitrogens is 3. The summed E-state index contributed by atoms with van der Waals surface area (Å²) in [5.41, 5.74) is 5.68. The van der Waals surface area contributed by atoms with E-state index in [1.54, 1.807) is 13.8 Å². The molecule has 2 heterocycles. The Morgan fingerprint density at radius 2 is 2.19 bits per heavy atom. The smallest absolute Gasteiger partial charge is 0.371 e. The van der Waals surface area contributed by atoms with Gasteiger partial charge in [0.1, 0.15) is 12.3 Å². The molecule has 9 nitrogen and oxygen atoms in total. The van der Waals surface area contributed by atoms with Gasteiger partial charge in [-0.15, -0.1) is 5.10 Å². The SMILES string of the molecule is CC(C)OC(=O)c1nnn(Cc2ccc(C(=O)O)o2)c1N. The van der Waals surface area contributed by atoms with Gasteiger partial charge in [-0.2, -0.15) is 0 Å². The fraction of sp³-hybridized carbons (Fsp3) is 0.333. The van der Waals surface area contributed by atoms with Gasteiger partial charge in [0.2, 0.25) is 11.5 Å². The fourth-order valence-corrected chi connectivity index (χ4v) is 1.58. The highest BCUT2D eigenvalue weighted by molar-refractivity contribution is 5.91. The van der Waals surface area contributed by atoms with Crippen LogP contribution in [0.5, 0.6) is 0 Å². The van der Waals surface area contributed by atoms with Gasteiger partial charge in [-0.3, -0.25) is 0 Å². The molecule has 0 unspecified atom stereocenters. The van der Waals surface area contributed by atoms with E-state index in [9.17, 15) is 9.59 Å². The Bertz CT molecular complexity index is 673. The Kier molecular flexibility index (Phi) is 3.92. The second kappa shape index (κ2) is 5.65. The Morgan fingerprint density at radius 1 is 1.48 bits per heavy atom. The highest BCUT2D eigenvalue weighted by Gasteiger charge is 2.20. The maximum atomic E-state index is 11.7. The van der Waals surface area contributed by atoms with Gasteiger partial charge in [-0.25, -0.2) is 14.3 Å². The van der Waals surface area contributed by atoms with Crippen LogP contribution in [0, 0.1) is 0 Å². The Hall–Kier alpha value is -2.84. The lowest BCUT2D eigenvalue weighted by Gasteiger charge is -2.06. The Balaban J connectivity index is 2.16. The molecule has 21 heavy (non-hydrogen) atoms. The fourth-order valence-electron chi connectivity index (χ4n) is 1.58. The summed E-state index contributed by atoms with van der Waals surface area (Å²) in [5, 5.41) is 16.2. The number of rotatable bonds is 5. The van der Waals surface area contributed by atoms with Crippen LogP contribution < -0.4 is 5.73 Å². The number of nitrogens with two attached hydrogens (primary N) is 1. The van der Waals surface area contributed by atoms with Gasteiger partial charge in [0.15, 0.2) is 5.82 Å². The summed E-state index contributed by atoms with van der Waals surface area (Å²) in [5.74, 6) is -1.68. The van der Waals surface area contributed by atoms with E-state index in [2.05, 4.69) is 10.3 Å². The zero-order valence-corrected chi connectivity index (χ0v) is 11.4. The number of nitrogen functional groups attached to an aromatic ring is 1. The number of hydrogen-bond donors (Lipinski definition) is 2. The summed E-state index contributed by atoms with van der Waals surface area (Å²) in [4.78, 5) is 22.4. The van der Waals surface area contributed by atoms with Crippen LogP contribution in [0.4, 0.5) is 5.82 Å². The topological polar surface area (TPSA) is 133 Å². The highest BCUT2D eigenvalue weighted by Crippen LogP contribution is 2.14. The molecule has 2 aromatic heterocycles. The molecule has 0 aromatic carbocycles. The van der Waals surface area contributed by atoms with E-state index in [0.29, 0.717) is 5.76 Å². The number of furan rings is 1. The van der Waals surface area contributed by atoms with Crippen molar-refractivity contribution in [1.29, 1.82) is 0 Å². The molecule has 112 valence electrons. The predicted octanol–water partition coefficient (Wildman–Crippen LogP) is 0.765. The molecule has 0 amide bonds. The van der Waals surface area contributed by atoms with Crippen LogP contribution in [-0.4, -0.2) is 38.1 Å². The van der Waals surface area contributed by atoms with Gasteiger partial charge in [0.05, 0.1) is 6.10 Å². The first-order valence-corrected chi connectivity index (χ1v) is 6.10. The normalized spacial score (nSPS) is 10.8. The standard InChI is InChI=1S/C12H14N4O5/c1-6(2)20-12(19)9-10(13)16(15-14-9)5-7-3-4-8(21-7)11(17)18/h3-4,6H,5,13H2,1-2H3,(H,17,18). The lowest BCUT2D eigenvalue weighted by molar-refractivity contribution is 0.0371. The van der Waals surface area contributed by atoms with Crippen LogP contribution in [0.25, 0.3) is 0 Å². The Morgan fingerprint density at radius 3 is 2.76 bits per heavy atom. The number of ether oxygens (including phenoxy) is 1.